The first kappa shape index (κ1) is 15.5. The van der Waals surface area contributed by atoms with Gasteiger partial charge in [-0.2, -0.15) is 0 Å². The molecular formula is C17H27FN2. The van der Waals surface area contributed by atoms with Gasteiger partial charge in [-0.25, -0.2) is 4.39 Å². The van der Waals surface area contributed by atoms with E-state index < -0.39 is 0 Å². The minimum atomic E-state index is -0.0836. The molecule has 1 aliphatic heterocycles. The fourth-order valence-corrected chi connectivity index (χ4v) is 2.94. The Balaban J connectivity index is 1.94. The molecule has 0 amide bonds. The monoisotopic (exact) mass is 278 g/mol. The minimum absolute atomic E-state index is 0.0836. The van der Waals surface area contributed by atoms with Crippen molar-refractivity contribution in [1.82, 2.24) is 10.2 Å². The lowest BCUT2D eigenvalue weighted by Gasteiger charge is -2.29. The second-order valence-corrected chi connectivity index (χ2v) is 5.72. The maximum absolute atomic E-state index is 14.0. The quantitative estimate of drug-likeness (QED) is 0.817. The summed E-state index contributed by atoms with van der Waals surface area (Å²) in [5.41, 5.74) is 0.818. The van der Waals surface area contributed by atoms with Gasteiger partial charge in [0.15, 0.2) is 0 Å². The third-order valence-corrected chi connectivity index (χ3v) is 4.10. The van der Waals surface area contributed by atoms with Crippen LogP contribution in [-0.2, 0) is 0 Å². The average molecular weight is 278 g/mol. The molecule has 3 heteroatoms. The number of halogens is 1. The Labute approximate surface area is 122 Å². The van der Waals surface area contributed by atoms with Crippen molar-refractivity contribution in [3.63, 3.8) is 0 Å². The fraction of sp³-hybridized carbons (Fsp3) is 0.647. The van der Waals surface area contributed by atoms with E-state index in [0.717, 1.165) is 31.5 Å². The van der Waals surface area contributed by atoms with Gasteiger partial charge in [-0.15, -0.1) is 0 Å². The van der Waals surface area contributed by atoms with Crippen molar-refractivity contribution in [2.24, 2.45) is 0 Å². The summed E-state index contributed by atoms with van der Waals surface area (Å²) in [5.74, 6) is -0.0836. The van der Waals surface area contributed by atoms with Gasteiger partial charge >= 0.3 is 0 Å². The lowest BCUT2D eigenvalue weighted by molar-refractivity contribution is 0.216. The van der Waals surface area contributed by atoms with Gasteiger partial charge in [0.05, 0.1) is 0 Å². The Morgan fingerprint density at radius 3 is 2.65 bits per heavy atom. The molecule has 1 atom stereocenters. The van der Waals surface area contributed by atoms with E-state index in [1.807, 2.05) is 12.1 Å². The molecule has 1 aliphatic rings. The molecule has 0 radical (unpaired) electrons. The topological polar surface area (TPSA) is 15.3 Å². The molecule has 0 spiro atoms. The largest absolute Gasteiger partial charge is 0.310 e. The smallest absolute Gasteiger partial charge is 0.127 e. The molecule has 1 unspecified atom stereocenters. The van der Waals surface area contributed by atoms with E-state index >= 15 is 0 Å². The van der Waals surface area contributed by atoms with Crippen LogP contribution in [0, 0.1) is 5.82 Å². The third kappa shape index (κ3) is 4.57. The molecule has 1 aromatic rings. The van der Waals surface area contributed by atoms with Gasteiger partial charge in [0.2, 0.25) is 0 Å². The lowest BCUT2D eigenvalue weighted by atomic mass is 10.0. The molecular weight excluding hydrogens is 251 g/mol. The van der Waals surface area contributed by atoms with E-state index in [0.29, 0.717) is 0 Å². The molecule has 112 valence electrons. The molecule has 2 nitrogen and oxygen atoms in total. The maximum Gasteiger partial charge on any atom is 0.127 e. The van der Waals surface area contributed by atoms with Crippen LogP contribution in [-0.4, -0.2) is 31.1 Å². The SMILES string of the molecule is CCCNC(CCN1CCCCC1)c1ccccc1F. The number of nitrogens with one attached hydrogen (secondary N) is 1. The van der Waals surface area contributed by atoms with Crippen LogP contribution < -0.4 is 5.32 Å². The molecule has 0 aliphatic carbocycles. The van der Waals surface area contributed by atoms with E-state index in [2.05, 4.69) is 17.1 Å². The number of hydrogen-bond acceptors (Lipinski definition) is 2. The van der Waals surface area contributed by atoms with Crippen molar-refractivity contribution in [3.8, 4) is 0 Å². The van der Waals surface area contributed by atoms with Crippen LogP contribution in [0.4, 0.5) is 4.39 Å². The summed E-state index contributed by atoms with van der Waals surface area (Å²) in [4.78, 5) is 2.52. The Bertz CT molecular complexity index is 388. The summed E-state index contributed by atoms with van der Waals surface area (Å²) in [6.07, 6.45) is 6.05. The van der Waals surface area contributed by atoms with Gasteiger partial charge in [-0.1, -0.05) is 31.5 Å². The minimum Gasteiger partial charge on any atom is -0.310 e. The zero-order chi connectivity index (χ0) is 14.2. The number of benzene rings is 1. The highest BCUT2D eigenvalue weighted by molar-refractivity contribution is 5.21. The third-order valence-electron chi connectivity index (χ3n) is 4.10. The van der Waals surface area contributed by atoms with Gasteiger partial charge in [-0.3, -0.25) is 0 Å². The van der Waals surface area contributed by atoms with Crippen LogP contribution in [0.15, 0.2) is 24.3 Å². The second kappa shape index (κ2) is 8.38. The second-order valence-electron chi connectivity index (χ2n) is 5.72. The van der Waals surface area contributed by atoms with E-state index in [-0.39, 0.29) is 11.9 Å². The van der Waals surface area contributed by atoms with Crippen molar-refractivity contribution in [2.75, 3.05) is 26.2 Å². The number of likely N-dealkylation sites (tertiary alicyclic amines) is 1. The van der Waals surface area contributed by atoms with Crippen molar-refractivity contribution in [1.29, 1.82) is 0 Å². The predicted octanol–water partition coefficient (Wildman–Crippen LogP) is 3.74. The summed E-state index contributed by atoms with van der Waals surface area (Å²) in [5, 5.41) is 3.50. The normalized spacial score (nSPS) is 18.1. The summed E-state index contributed by atoms with van der Waals surface area (Å²) < 4.78 is 14.0. The van der Waals surface area contributed by atoms with Crippen molar-refractivity contribution in [2.45, 2.75) is 45.1 Å². The standard InChI is InChI=1S/C17H27FN2/c1-2-11-19-17(15-8-4-5-9-16(15)18)10-14-20-12-6-3-7-13-20/h4-5,8-9,17,19H,2-3,6-7,10-14H2,1H3. The van der Waals surface area contributed by atoms with Crippen LogP contribution in [0.3, 0.4) is 0 Å². The molecule has 0 bridgehead atoms. The lowest BCUT2D eigenvalue weighted by Crippen LogP contribution is -2.33. The predicted molar refractivity (Wildman–Crippen MR) is 82.3 cm³/mol. The van der Waals surface area contributed by atoms with Crippen molar-refractivity contribution in [3.05, 3.63) is 35.6 Å². The van der Waals surface area contributed by atoms with Gasteiger partial charge in [0, 0.05) is 11.6 Å². The van der Waals surface area contributed by atoms with E-state index in [4.69, 9.17) is 0 Å². The average Bonchev–Trinajstić information content (AvgIpc) is 2.49. The Morgan fingerprint density at radius 2 is 1.95 bits per heavy atom. The molecule has 1 fully saturated rings. The van der Waals surface area contributed by atoms with Gasteiger partial charge in [0.1, 0.15) is 5.82 Å². The molecule has 1 heterocycles. The first-order valence-electron chi connectivity index (χ1n) is 8.01. The van der Waals surface area contributed by atoms with Crippen LogP contribution in [0.1, 0.15) is 50.6 Å². The highest BCUT2D eigenvalue weighted by Crippen LogP contribution is 2.21. The molecule has 1 saturated heterocycles. The highest BCUT2D eigenvalue weighted by Gasteiger charge is 2.17. The van der Waals surface area contributed by atoms with Gasteiger partial charge in [0.25, 0.3) is 0 Å². The zero-order valence-corrected chi connectivity index (χ0v) is 12.6. The summed E-state index contributed by atoms with van der Waals surface area (Å²) in [6, 6.07) is 7.31. The first-order chi connectivity index (χ1) is 9.81. The van der Waals surface area contributed by atoms with Gasteiger partial charge in [-0.05, 0) is 57.9 Å². The van der Waals surface area contributed by atoms with Crippen molar-refractivity contribution >= 4 is 0 Å². The zero-order valence-electron chi connectivity index (χ0n) is 12.6. The maximum atomic E-state index is 14.0. The molecule has 0 aromatic heterocycles. The summed E-state index contributed by atoms with van der Waals surface area (Å²) in [6.45, 7) is 6.57. The highest BCUT2D eigenvalue weighted by atomic mass is 19.1. The number of nitrogens with zero attached hydrogens (tertiary/aromatic N) is 1. The van der Waals surface area contributed by atoms with Crippen LogP contribution in [0.5, 0.6) is 0 Å². The van der Waals surface area contributed by atoms with Gasteiger partial charge < -0.3 is 10.2 Å². The number of rotatable bonds is 7. The molecule has 20 heavy (non-hydrogen) atoms. The molecule has 2 rings (SSSR count). The number of hydrogen-bond donors (Lipinski definition) is 1. The molecule has 0 saturated carbocycles. The van der Waals surface area contributed by atoms with Crippen molar-refractivity contribution < 1.29 is 4.39 Å². The Hall–Kier alpha value is -0.930. The van der Waals surface area contributed by atoms with Crippen LogP contribution >= 0.6 is 0 Å². The van der Waals surface area contributed by atoms with Crippen LogP contribution in [0.25, 0.3) is 0 Å². The first-order valence-corrected chi connectivity index (χ1v) is 8.01. The van der Waals surface area contributed by atoms with E-state index in [9.17, 15) is 4.39 Å². The van der Waals surface area contributed by atoms with E-state index in [1.165, 1.54) is 32.4 Å². The van der Waals surface area contributed by atoms with Crippen LogP contribution in [0.2, 0.25) is 0 Å². The summed E-state index contributed by atoms with van der Waals surface area (Å²) >= 11 is 0. The van der Waals surface area contributed by atoms with E-state index in [1.54, 1.807) is 12.1 Å². The Kier molecular flexibility index (Phi) is 6.48. The number of piperidine rings is 1. The summed E-state index contributed by atoms with van der Waals surface area (Å²) in [7, 11) is 0. The Morgan fingerprint density at radius 1 is 1.20 bits per heavy atom. The molecule has 1 aromatic carbocycles. The molecule has 1 N–H and O–H groups in total. The fourth-order valence-electron chi connectivity index (χ4n) is 2.94.